The van der Waals surface area contributed by atoms with Crippen molar-refractivity contribution in [3.63, 3.8) is 0 Å². The van der Waals surface area contributed by atoms with Crippen LogP contribution in [0.15, 0.2) is 60.7 Å². The van der Waals surface area contributed by atoms with Crippen LogP contribution in [0.2, 0.25) is 0 Å². The molecule has 17 heteroatoms. The van der Waals surface area contributed by atoms with Crippen LogP contribution in [0.1, 0.15) is 78.5 Å². The van der Waals surface area contributed by atoms with E-state index >= 15 is 0 Å². The molecule has 4 amide bonds. The molecule has 4 N–H and O–H groups in total. The predicted molar refractivity (Wildman–Crippen MR) is 197 cm³/mol. The first-order valence-corrected chi connectivity index (χ1v) is 18.0. The van der Waals surface area contributed by atoms with Gasteiger partial charge in [-0.25, -0.2) is 27.6 Å². The molecule has 0 saturated carbocycles. The van der Waals surface area contributed by atoms with Gasteiger partial charge in [0.05, 0.1) is 6.04 Å². The fourth-order valence-corrected chi connectivity index (χ4v) is 5.41. The lowest BCUT2D eigenvalue weighted by atomic mass is 9.97. The average Bonchev–Trinajstić information content (AvgIpc) is 3.14. The molecule has 0 aliphatic rings. The Bertz CT molecular complexity index is 1850. The summed E-state index contributed by atoms with van der Waals surface area (Å²) in [5.74, 6) is -18.3. The van der Waals surface area contributed by atoms with Crippen molar-refractivity contribution in [2.75, 3.05) is 0 Å². The van der Waals surface area contributed by atoms with Crippen molar-refractivity contribution in [2.45, 2.75) is 97.7 Å². The second-order valence-corrected chi connectivity index (χ2v) is 14.9. The summed E-state index contributed by atoms with van der Waals surface area (Å²) in [4.78, 5) is 67.6. The topological polar surface area (TPSA) is 161 Å². The van der Waals surface area contributed by atoms with Crippen LogP contribution in [0.3, 0.4) is 0 Å². The van der Waals surface area contributed by atoms with Gasteiger partial charge in [0.15, 0.2) is 6.04 Å². The van der Waals surface area contributed by atoms with Crippen LogP contribution < -0.4 is 26.0 Å². The molecule has 0 bridgehead atoms. The van der Waals surface area contributed by atoms with E-state index in [4.69, 9.17) is 14.2 Å². The molecule has 0 heterocycles. The zero-order valence-electron chi connectivity index (χ0n) is 32.5. The second-order valence-electron chi connectivity index (χ2n) is 14.9. The van der Waals surface area contributed by atoms with Gasteiger partial charge in [-0.15, -0.1) is 0 Å². The first kappa shape index (κ1) is 45.6. The third kappa shape index (κ3) is 13.8. The Morgan fingerprint density at radius 2 is 1.09 bits per heavy atom. The smallest absolute Gasteiger partial charge is 0.408 e. The standard InChI is InChI=1S/C40H47F5N4O8/c1-21(2)18-25(46-35(50)26(19-22(3)4)47-38(53)55-20-23-14-10-8-11-15-23)36(51)48-33(37(52)56-34-30(44)28(42)27(41)29(43)31(34)45)32(24-16-12-9-13-17-24)49-39(54)57-40(5,6)7/h8-17,21-22,25-26,32-33H,18-20H2,1-7H3,(H,46,50)(H,47,53)(H,48,51)(H,49,54)/t25-,26+,32+,33-/m0/s1. The van der Waals surface area contributed by atoms with Gasteiger partial charge in [-0.2, -0.15) is 8.78 Å². The molecule has 0 radical (unpaired) electrons. The van der Waals surface area contributed by atoms with E-state index in [2.05, 4.69) is 21.3 Å². The zero-order chi connectivity index (χ0) is 42.6. The predicted octanol–water partition coefficient (Wildman–Crippen LogP) is 6.91. The van der Waals surface area contributed by atoms with Crippen molar-refractivity contribution in [3.8, 4) is 5.75 Å². The lowest BCUT2D eigenvalue weighted by molar-refractivity contribution is -0.141. The summed E-state index contributed by atoms with van der Waals surface area (Å²) in [6.07, 6.45) is -2.01. The molecule has 3 aromatic carbocycles. The number of carbonyl (C=O) groups is 5. The van der Waals surface area contributed by atoms with Gasteiger partial charge in [-0.1, -0.05) is 88.4 Å². The van der Waals surface area contributed by atoms with Crippen LogP contribution in [0.4, 0.5) is 31.5 Å². The molecule has 0 saturated heterocycles. The first-order valence-electron chi connectivity index (χ1n) is 18.0. The van der Waals surface area contributed by atoms with Crippen molar-refractivity contribution in [1.82, 2.24) is 21.3 Å². The summed E-state index contributed by atoms with van der Waals surface area (Å²) in [5.41, 5.74) is -0.293. The third-order valence-corrected chi connectivity index (χ3v) is 7.96. The van der Waals surface area contributed by atoms with Gasteiger partial charge in [0.1, 0.15) is 24.3 Å². The number of halogens is 5. The van der Waals surface area contributed by atoms with Gasteiger partial charge in [0.2, 0.25) is 46.6 Å². The quantitative estimate of drug-likeness (QED) is 0.0400. The molecular weight excluding hydrogens is 759 g/mol. The van der Waals surface area contributed by atoms with Crippen molar-refractivity contribution >= 4 is 30.0 Å². The Morgan fingerprint density at radius 3 is 1.60 bits per heavy atom. The number of nitrogens with one attached hydrogen (secondary N) is 4. The van der Waals surface area contributed by atoms with E-state index in [0.29, 0.717) is 5.56 Å². The SMILES string of the molecule is CC(C)C[C@H](NC(=O)[C@@H](CC(C)C)NC(=O)OCc1ccccc1)C(=O)N[C@H](C(=O)Oc1c(F)c(F)c(F)c(F)c1F)[C@H](NC(=O)OC(C)(C)C)c1ccccc1. The molecule has 0 aromatic heterocycles. The van der Waals surface area contributed by atoms with E-state index < -0.39 is 94.6 Å². The van der Waals surface area contributed by atoms with Gasteiger partial charge in [0, 0.05) is 0 Å². The lowest BCUT2D eigenvalue weighted by Gasteiger charge is -2.31. The van der Waals surface area contributed by atoms with Crippen molar-refractivity contribution in [1.29, 1.82) is 0 Å². The minimum atomic E-state index is -2.51. The van der Waals surface area contributed by atoms with E-state index in [1.165, 1.54) is 45.0 Å². The van der Waals surface area contributed by atoms with Gasteiger partial charge >= 0.3 is 18.2 Å². The largest absolute Gasteiger partial charge is 0.445 e. The number of benzene rings is 3. The summed E-state index contributed by atoms with van der Waals surface area (Å²) in [6, 6.07) is 9.62. The maximum absolute atomic E-state index is 14.8. The van der Waals surface area contributed by atoms with Gasteiger partial charge in [-0.05, 0) is 56.6 Å². The Hall–Kier alpha value is -5.74. The van der Waals surface area contributed by atoms with Crippen LogP contribution in [0.25, 0.3) is 0 Å². The van der Waals surface area contributed by atoms with Gasteiger partial charge in [-0.3, -0.25) is 9.59 Å². The molecule has 0 fully saturated rings. The maximum atomic E-state index is 14.8. The Morgan fingerprint density at radius 1 is 0.614 bits per heavy atom. The number of ether oxygens (including phenoxy) is 3. The van der Waals surface area contributed by atoms with Crippen molar-refractivity contribution in [3.05, 3.63) is 101 Å². The number of carbonyl (C=O) groups excluding carboxylic acids is 5. The molecule has 0 spiro atoms. The number of alkyl carbamates (subject to hydrolysis) is 2. The lowest BCUT2D eigenvalue weighted by Crippen LogP contribution is -2.59. The summed E-state index contributed by atoms with van der Waals surface area (Å²) >= 11 is 0. The van der Waals surface area contributed by atoms with E-state index in [-0.39, 0.29) is 36.8 Å². The van der Waals surface area contributed by atoms with Gasteiger partial charge < -0.3 is 35.5 Å². The monoisotopic (exact) mass is 806 g/mol. The minimum Gasteiger partial charge on any atom is -0.445 e. The van der Waals surface area contributed by atoms with Crippen LogP contribution >= 0.6 is 0 Å². The molecule has 310 valence electrons. The number of rotatable bonds is 16. The summed E-state index contributed by atoms with van der Waals surface area (Å²) in [6.45, 7) is 11.5. The van der Waals surface area contributed by atoms with Crippen molar-refractivity contribution < 1.29 is 60.1 Å². The molecule has 3 aromatic rings. The summed E-state index contributed by atoms with van der Waals surface area (Å²) in [7, 11) is 0. The Kier molecular flexibility index (Phi) is 16.4. The van der Waals surface area contributed by atoms with Crippen LogP contribution in [-0.4, -0.2) is 53.7 Å². The summed E-state index contributed by atoms with van der Waals surface area (Å²) < 4.78 is 87.0. The molecule has 0 aliphatic carbocycles. The number of hydrogen-bond acceptors (Lipinski definition) is 8. The fraction of sp³-hybridized carbons (Fsp3) is 0.425. The molecule has 12 nitrogen and oxygen atoms in total. The average molecular weight is 807 g/mol. The molecule has 3 rings (SSSR count). The van der Waals surface area contributed by atoms with Gasteiger partial charge in [0.25, 0.3) is 0 Å². The first-order chi connectivity index (χ1) is 26.7. The normalized spacial score (nSPS) is 13.5. The highest BCUT2D eigenvalue weighted by atomic mass is 19.2. The fourth-order valence-electron chi connectivity index (χ4n) is 5.41. The number of esters is 1. The highest BCUT2D eigenvalue weighted by molar-refractivity contribution is 5.93. The Labute approximate surface area is 327 Å². The Balaban J connectivity index is 2.02. The van der Waals surface area contributed by atoms with Crippen LogP contribution in [-0.2, 0) is 30.5 Å². The summed E-state index contributed by atoms with van der Waals surface area (Å²) in [5, 5.41) is 9.82. The van der Waals surface area contributed by atoms with Crippen LogP contribution in [0.5, 0.6) is 5.75 Å². The number of amides is 4. The van der Waals surface area contributed by atoms with E-state index in [0.717, 1.165) is 0 Å². The second kappa shape index (κ2) is 20.4. The zero-order valence-corrected chi connectivity index (χ0v) is 32.5. The van der Waals surface area contributed by atoms with Crippen LogP contribution in [0, 0.1) is 40.9 Å². The highest BCUT2D eigenvalue weighted by Gasteiger charge is 2.39. The maximum Gasteiger partial charge on any atom is 0.408 e. The third-order valence-electron chi connectivity index (χ3n) is 7.96. The minimum absolute atomic E-state index is 0.0701. The molecular formula is C40H47F5N4O8. The molecule has 0 unspecified atom stereocenters. The number of hydrogen-bond donors (Lipinski definition) is 4. The van der Waals surface area contributed by atoms with E-state index in [1.54, 1.807) is 64.1 Å². The molecule has 57 heavy (non-hydrogen) atoms. The van der Waals surface area contributed by atoms with E-state index in [1.807, 2.05) is 0 Å². The van der Waals surface area contributed by atoms with Crippen molar-refractivity contribution in [2.24, 2.45) is 11.8 Å². The molecule has 4 atom stereocenters. The van der Waals surface area contributed by atoms with E-state index in [9.17, 15) is 45.9 Å². The molecule has 0 aliphatic heterocycles. The highest BCUT2D eigenvalue weighted by Crippen LogP contribution is 2.30.